The van der Waals surface area contributed by atoms with Gasteiger partial charge in [-0.1, -0.05) is 12.1 Å². The molecule has 1 heterocycles. The Kier molecular flexibility index (Phi) is 5.02. The largest absolute Gasteiger partial charge is 0.496 e. The minimum atomic E-state index is 0.210. The van der Waals surface area contributed by atoms with E-state index < -0.39 is 0 Å². The minimum Gasteiger partial charge on any atom is -0.496 e. The number of aryl methyl sites for hydroxylation is 3. The van der Waals surface area contributed by atoms with Crippen LogP contribution in [0.2, 0.25) is 0 Å². The molecule has 0 spiro atoms. The third-order valence-electron chi connectivity index (χ3n) is 3.81. The summed E-state index contributed by atoms with van der Waals surface area (Å²) in [5.74, 6) is 0.939. The van der Waals surface area contributed by atoms with Gasteiger partial charge in [0.2, 0.25) is 0 Å². The number of nitrogens with zero attached hydrogens (tertiary/aromatic N) is 2. The van der Waals surface area contributed by atoms with E-state index in [4.69, 9.17) is 4.74 Å². The average molecular weight is 287 g/mol. The Bertz CT molecular complexity index is 604. The fourth-order valence-corrected chi connectivity index (χ4v) is 2.72. The van der Waals surface area contributed by atoms with Gasteiger partial charge in [-0.3, -0.25) is 4.68 Å². The molecule has 0 radical (unpaired) electrons. The van der Waals surface area contributed by atoms with E-state index in [1.165, 1.54) is 16.8 Å². The van der Waals surface area contributed by atoms with Gasteiger partial charge in [0.1, 0.15) is 5.75 Å². The normalized spacial score (nSPS) is 12.4. The summed E-state index contributed by atoms with van der Waals surface area (Å²) < 4.78 is 7.62. The maximum Gasteiger partial charge on any atom is 0.123 e. The molecule has 2 aromatic rings. The molecule has 1 unspecified atom stereocenters. The summed E-state index contributed by atoms with van der Waals surface area (Å²) in [6, 6.07) is 8.73. The third kappa shape index (κ3) is 3.45. The van der Waals surface area contributed by atoms with E-state index in [2.05, 4.69) is 53.2 Å². The van der Waals surface area contributed by atoms with Crippen LogP contribution in [0.15, 0.2) is 24.3 Å². The number of likely N-dealkylation sites (N-methyl/N-ethyl adjacent to an activating group) is 1. The van der Waals surface area contributed by atoms with Gasteiger partial charge in [0, 0.05) is 30.3 Å². The van der Waals surface area contributed by atoms with Crippen molar-refractivity contribution in [2.24, 2.45) is 0 Å². The van der Waals surface area contributed by atoms with Crippen LogP contribution in [0.25, 0.3) is 0 Å². The second-order valence-electron chi connectivity index (χ2n) is 5.38. The van der Waals surface area contributed by atoms with Crippen molar-refractivity contribution in [3.63, 3.8) is 0 Å². The molecule has 114 valence electrons. The Balaban J connectivity index is 2.31. The molecule has 0 bridgehead atoms. The van der Waals surface area contributed by atoms with Crippen molar-refractivity contribution in [1.29, 1.82) is 0 Å². The lowest BCUT2D eigenvalue weighted by Crippen LogP contribution is -2.21. The predicted molar refractivity (Wildman–Crippen MR) is 85.9 cm³/mol. The average Bonchev–Trinajstić information content (AvgIpc) is 2.84. The van der Waals surface area contributed by atoms with E-state index in [0.29, 0.717) is 0 Å². The van der Waals surface area contributed by atoms with Crippen LogP contribution in [-0.4, -0.2) is 23.9 Å². The van der Waals surface area contributed by atoms with Gasteiger partial charge in [-0.15, -0.1) is 0 Å². The summed E-state index contributed by atoms with van der Waals surface area (Å²) in [4.78, 5) is 0. The van der Waals surface area contributed by atoms with Crippen LogP contribution in [0.5, 0.6) is 5.75 Å². The van der Waals surface area contributed by atoms with Crippen molar-refractivity contribution in [3.8, 4) is 5.75 Å². The number of nitrogens with one attached hydrogen (secondary N) is 1. The van der Waals surface area contributed by atoms with Crippen molar-refractivity contribution < 1.29 is 4.74 Å². The van der Waals surface area contributed by atoms with Crippen molar-refractivity contribution in [2.75, 3.05) is 14.2 Å². The summed E-state index contributed by atoms with van der Waals surface area (Å²) in [6.07, 6.45) is 0.893. The fourth-order valence-electron chi connectivity index (χ4n) is 2.72. The molecule has 4 nitrogen and oxygen atoms in total. The summed E-state index contributed by atoms with van der Waals surface area (Å²) in [6.45, 7) is 7.13. The molecular formula is C17H25N3O. The number of rotatable bonds is 6. The van der Waals surface area contributed by atoms with Crippen molar-refractivity contribution in [3.05, 3.63) is 46.8 Å². The smallest absolute Gasteiger partial charge is 0.123 e. The standard InChI is InChI=1S/C17H25N3O/c1-6-20-14(10-13(3)19-20)11-16(18-4)15-8-7-12(2)9-17(15)21-5/h7-10,16,18H,6,11H2,1-5H3. The highest BCUT2D eigenvalue weighted by Crippen LogP contribution is 2.28. The second kappa shape index (κ2) is 6.76. The summed E-state index contributed by atoms with van der Waals surface area (Å²) in [5, 5.41) is 7.92. The van der Waals surface area contributed by atoms with E-state index in [9.17, 15) is 0 Å². The molecule has 1 atom stereocenters. The Morgan fingerprint density at radius 3 is 2.67 bits per heavy atom. The van der Waals surface area contributed by atoms with E-state index in [1.807, 2.05) is 14.0 Å². The zero-order chi connectivity index (χ0) is 15.4. The van der Waals surface area contributed by atoms with Gasteiger partial charge in [0.15, 0.2) is 0 Å². The van der Waals surface area contributed by atoms with E-state index >= 15 is 0 Å². The molecule has 1 aromatic carbocycles. The van der Waals surface area contributed by atoms with Gasteiger partial charge in [0.25, 0.3) is 0 Å². The van der Waals surface area contributed by atoms with Crippen LogP contribution in [0.1, 0.15) is 35.5 Å². The van der Waals surface area contributed by atoms with Crippen molar-refractivity contribution >= 4 is 0 Å². The maximum absolute atomic E-state index is 5.55. The number of aromatic nitrogens is 2. The molecule has 1 N–H and O–H groups in total. The maximum atomic E-state index is 5.55. The monoisotopic (exact) mass is 287 g/mol. The highest BCUT2D eigenvalue weighted by atomic mass is 16.5. The van der Waals surface area contributed by atoms with Gasteiger partial charge in [0.05, 0.1) is 12.8 Å². The molecule has 1 aromatic heterocycles. The highest BCUT2D eigenvalue weighted by Gasteiger charge is 2.17. The molecule has 21 heavy (non-hydrogen) atoms. The van der Waals surface area contributed by atoms with Crippen molar-refractivity contribution in [2.45, 2.75) is 39.8 Å². The molecule has 0 aliphatic carbocycles. The quantitative estimate of drug-likeness (QED) is 0.887. The Hall–Kier alpha value is -1.81. The molecule has 2 rings (SSSR count). The SMILES string of the molecule is CCn1nc(C)cc1CC(NC)c1ccc(C)cc1OC. The lowest BCUT2D eigenvalue weighted by Gasteiger charge is -2.20. The van der Waals surface area contributed by atoms with Gasteiger partial charge < -0.3 is 10.1 Å². The molecule has 0 saturated heterocycles. The van der Waals surface area contributed by atoms with Crippen LogP contribution >= 0.6 is 0 Å². The first kappa shape index (κ1) is 15.6. The first-order chi connectivity index (χ1) is 10.1. The Morgan fingerprint density at radius 1 is 1.29 bits per heavy atom. The summed E-state index contributed by atoms with van der Waals surface area (Å²) in [5.41, 5.74) is 4.71. The lowest BCUT2D eigenvalue weighted by atomic mass is 9.99. The van der Waals surface area contributed by atoms with E-state index in [0.717, 1.165) is 24.4 Å². The number of hydrogen-bond acceptors (Lipinski definition) is 3. The first-order valence-corrected chi connectivity index (χ1v) is 7.44. The molecule has 4 heteroatoms. The molecule has 0 amide bonds. The Morgan fingerprint density at radius 2 is 2.05 bits per heavy atom. The highest BCUT2D eigenvalue weighted by molar-refractivity contribution is 5.39. The van der Waals surface area contributed by atoms with Gasteiger partial charge in [-0.05, 0) is 45.5 Å². The van der Waals surface area contributed by atoms with E-state index in [-0.39, 0.29) is 6.04 Å². The van der Waals surface area contributed by atoms with Gasteiger partial charge >= 0.3 is 0 Å². The zero-order valence-electron chi connectivity index (χ0n) is 13.6. The molecule has 0 aliphatic heterocycles. The number of ether oxygens (including phenoxy) is 1. The predicted octanol–water partition coefficient (Wildman–Crippen LogP) is 3.03. The number of benzene rings is 1. The van der Waals surface area contributed by atoms with Crippen LogP contribution in [-0.2, 0) is 13.0 Å². The molecular weight excluding hydrogens is 262 g/mol. The topological polar surface area (TPSA) is 39.1 Å². The number of hydrogen-bond donors (Lipinski definition) is 1. The zero-order valence-corrected chi connectivity index (χ0v) is 13.6. The fraction of sp³-hybridized carbons (Fsp3) is 0.471. The second-order valence-corrected chi connectivity index (χ2v) is 5.38. The third-order valence-corrected chi connectivity index (χ3v) is 3.81. The lowest BCUT2D eigenvalue weighted by molar-refractivity contribution is 0.399. The van der Waals surface area contributed by atoms with Crippen LogP contribution < -0.4 is 10.1 Å². The first-order valence-electron chi connectivity index (χ1n) is 7.44. The Labute approximate surface area is 127 Å². The summed E-state index contributed by atoms with van der Waals surface area (Å²) in [7, 11) is 3.72. The van der Waals surface area contributed by atoms with Gasteiger partial charge in [-0.25, -0.2) is 0 Å². The molecule has 0 aliphatic rings. The van der Waals surface area contributed by atoms with Gasteiger partial charge in [-0.2, -0.15) is 5.10 Å². The summed E-state index contributed by atoms with van der Waals surface area (Å²) >= 11 is 0. The van der Waals surface area contributed by atoms with Crippen LogP contribution in [0.3, 0.4) is 0 Å². The number of methoxy groups -OCH3 is 1. The van der Waals surface area contributed by atoms with Crippen molar-refractivity contribution in [1.82, 2.24) is 15.1 Å². The molecule has 0 saturated carbocycles. The van der Waals surface area contributed by atoms with E-state index in [1.54, 1.807) is 7.11 Å². The minimum absolute atomic E-state index is 0.210. The van der Waals surface area contributed by atoms with Crippen LogP contribution in [0, 0.1) is 13.8 Å². The molecule has 0 fully saturated rings. The van der Waals surface area contributed by atoms with Crippen LogP contribution in [0.4, 0.5) is 0 Å².